The molecule has 1 rings (SSSR count). The lowest BCUT2D eigenvalue weighted by Crippen LogP contribution is -2.34. The average Bonchev–Trinajstić information content (AvgIpc) is 2.10. The van der Waals surface area contributed by atoms with Crippen molar-refractivity contribution in [3.8, 4) is 0 Å². The Balaban J connectivity index is 2.54. The van der Waals surface area contributed by atoms with E-state index in [9.17, 15) is 4.79 Å². The van der Waals surface area contributed by atoms with Crippen molar-refractivity contribution in [3.05, 3.63) is 0 Å². The Kier molecular flexibility index (Phi) is 4.40. The van der Waals surface area contributed by atoms with Crippen LogP contribution < -0.4 is 0 Å². The van der Waals surface area contributed by atoms with E-state index in [0.29, 0.717) is 5.92 Å². The fourth-order valence-corrected chi connectivity index (χ4v) is 3.04. The second kappa shape index (κ2) is 5.20. The largest absolute Gasteiger partial charge is 0.460 e. The summed E-state index contributed by atoms with van der Waals surface area (Å²) < 4.78 is 5.39. The summed E-state index contributed by atoms with van der Waals surface area (Å²) in [4.78, 5) is 11.0. The minimum Gasteiger partial charge on any atom is -0.460 e. The molecule has 3 atom stereocenters. The fraction of sp³-hybridized carbons (Fsp3) is 0.929. The number of carbonyl (C=O) groups excluding carboxylic acids is 1. The molecular formula is C14H26O2. The van der Waals surface area contributed by atoms with Gasteiger partial charge in [0, 0.05) is 6.92 Å². The number of hydrogen-bond donors (Lipinski definition) is 0. The van der Waals surface area contributed by atoms with Gasteiger partial charge in [0.15, 0.2) is 0 Å². The molecule has 0 aliphatic heterocycles. The monoisotopic (exact) mass is 226 g/mol. The normalized spacial score (nSPS) is 31.2. The van der Waals surface area contributed by atoms with Crippen molar-refractivity contribution in [2.45, 2.75) is 65.9 Å². The van der Waals surface area contributed by atoms with E-state index in [1.54, 1.807) is 0 Å². The number of rotatable bonds is 3. The van der Waals surface area contributed by atoms with Crippen molar-refractivity contribution >= 4 is 5.97 Å². The van der Waals surface area contributed by atoms with Crippen LogP contribution in [0.25, 0.3) is 0 Å². The Morgan fingerprint density at radius 2 is 1.94 bits per heavy atom. The van der Waals surface area contributed by atoms with Gasteiger partial charge < -0.3 is 4.74 Å². The van der Waals surface area contributed by atoms with Crippen LogP contribution in [0.5, 0.6) is 0 Å². The van der Waals surface area contributed by atoms with E-state index in [-0.39, 0.29) is 11.6 Å². The topological polar surface area (TPSA) is 26.3 Å². The van der Waals surface area contributed by atoms with Crippen molar-refractivity contribution in [1.29, 1.82) is 0 Å². The van der Waals surface area contributed by atoms with Crippen molar-refractivity contribution < 1.29 is 9.53 Å². The molecule has 1 fully saturated rings. The van der Waals surface area contributed by atoms with Crippen LogP contribution in [-0.2, 0) is 9.53 Å². The first kappa shape index (κ1) is 13.5. The zero-order chi connectivity index (χ0) is 12.3. The summed E-state index contributed by atoms with van der Waals surface area (Å²) in [6.07, 6.45) is 4.96. The molecule has 0 amide bonds. The Bertz CT molecular complexity index is 245. The molecule has 1 aliphatic carbocycles. The van der Waals surface area contributed by atoms with Crippen molar-refractivity contribution in [1.82, 2.24) is 0 Å². The highest BCUT2D eigenvalue weighted by molar-refractivity contribution is 5.66. The summed E-state index contributed by atoms with van der Waals surface area (Å²) in [5, 5.41) is 0. The Morgan fingerprint density at radius 1 is 1.31 bits per heavy atom. The number of hydrogen-bond acceptors (Lipinski definition) is 2. The molecule has 0 saturated heterocycles. The number of carbonyl (C=O) groups is 1. The smallest absolute Gasteiger partial charge is 0.303 e. The summed E-state index contributed by atoms with van der Waals surface area (Å²) in [6, 6.07) is 0. The van der Waals surface area contributed by atoms with Crippen LogP contribution in [0, 0.1) is 17.8 Å². The number of ether oxygens (including phenoxy) is 1. The van der Waals surface area contributed by atoms with Crippen molar-refractivity contribution in [3.63, 3.8) is 0 Å². The Hall–Kier alpha value is -0.530. The van der Waals surface area contributed by atoms with E-state index >= 15 is 0 Å². The van der Waals surface area contributed by atoms with Crippen LogP contribution in [0.15, 0.2) is 0 Å². The van der Waals surface area contributed by atoms with Gasteiger partial charge in [0.1, 0.15) is 5.60 Å². The van der Waals surface area contributed by atoms with E-state index in [4.69, 9.17) is 4.74 Å². The van der Waals surface area contributed by atoms with Gasteiger partial charge in [0.2, 0.25) is 0 Å². The van der Waals surface area contributed by atoms with Crippen LogP contribution in [-0.4, -0.2) is 11.6 Å². The molecule has 16 heavy (non-hydrogen) atoms. The van der Waals surface area contributed by atoms with Crippen LogP contribution in [0.3, 0.4) is 0 Å². The molecule has 0 aromatic heterocycles. The molecule has 0 bridgehead atoms. The molecule has 0 aromatic carbocycles. The zero-order valence-electron chi connectivity index (χ0n) is 11.4. The third-order valence-corrected chi connectivity index (χ3v) is 4.05. The van der Waals surface area contributed by atoms with E-state index in [1.165, 1.54) is 26.2 Å². The quantitative estimate of drug-likeness (QED) is 0.684. The molecule has 1 saturated carbocycles. The Morgan fingerprint density at radius 3 is 2.50 bits per heavy atom. The first-order valence-corrected chi connectivity index (χ1v) is 6.51. The first-order chi connectivity index (χ1) is 7.32. The molecule has 0 N–H and O–H groups in total. The summed E-state index contributed by atoms with van der Waals surface area (Å²) >= 11 is 0. The molecule has 0 radical (unpaired) electrons. The third-order valence-electron chi connectivity index (χ3n) is 4.05. The van der Waals surface area contributed by atoms with Gasteiger partial charge in [-0.1, -0.05) is 33.1 Å². The van der Waals surface area contributed by atoms with Gasteiger partial charge in [-0.2, -0.15) is 0 Å². The molecule has 3 unspecified atom stereocenters. The first-order valence-electron chi connectivity index (χ1n) is 6.51. The van der Waals surface area contributed by atoms with Gasteiger partial charge in [-0.25, -0.2) is 0 Å². The van der Waals surface area contributed by atoms with Crippen LogP contribution in [0.2, 0.25) is 0 Å². The Labute approximate surface area is 99.8 Å². The molecule has 0 spiro atoms. The third kappa shape index (κ3) is 3.80. The highest BCUT2D eigenvalue weighted by Crippen LogP contribution is 2.39. The number of esters is 1. The lowest BCUT2D eigenvalue weighted by Gasteiger charge is -2.38. The maximum atomic E-state index is 11.0. The molecule has 0 heterocycles. The second-order valence-corrected chi connectivity index (χ2v) is 6.08. The van der Waals surface area contributed by atoms with Crippen LogP contribution in [0.4, 0.5) is 0 Å². The minimum atomic E-state index is -0.304. The van der Waals surface area contributed by atoms with Gasteiger partial charge in [-0.3, -0.25) is 4.79 Å². The molecular weight excluding hydrogens is 200 g/mol. The molecule has 94 valence electrons. The van der Waals surface area contributed by atoms with E-state index in [1.807, 2.05) is 13.8 Å². The SMILES string of the molecule is CC(=O)OC(C)(C)CC1CCCC(C)C1C. The summed E-state index contributed by atoms with van der Waals surface area (Å²) in [7, 11) is 0. The lowest BCUT2D eigenvalue weighted by atomic mass is 9.70. The predicted molar refractivity (Wildman–Crippen MR) is 66.1 cm³/mol. The molecule has 0 aromatic rings. The van der Waals surface area contributed by atoms with Crippen molar-refractivity contribution in [2.24, 2.45) is 17.8 Å². The molecule has 2 nitrogen and oxygen atoms in total. The van der Waals surface area contributed by atoms with E-state index < -0.39 is 0 Å². The average molecular weight is 226 g/mol. The van der Waals surface area contributed by atoms with Crippen molar-refractivity contribution in [2.75, 3.05) is 0 Å². The van der Waals surface area contributed by atoms with Gasteiger partial charge in [0.05, 0.1) is 0 Å². The van der Waals surface area contributed by atoms with Gasteiger partial charge in [-0.05, 0) is 38.0 Å². The highest BCUT2D eigenvalue weighted by Gasteiger charge is 2.33. The highest BCUT2D eigenvalue weighted by atomic mass is 16.6. The van der Waals surface area contributed by atoms with Crippen LogP contribution in [0.1, 0.15) is 60.3 Å². The fourth-order valence-electron chi connectivity index (χ4n) is 3.04. The van der Waals surface area contributed by atoms with Gasteiger partial charge in [-0.15, -0.1) is 0 Å². The minimum absolute atomic E-state index is 0.165. The summed E-state index contributed by atoms with van der Waals surface area (Å²) in [5.41, 5.74) is -0.304. The predicted octanol–water partition coefficient (Wildman–Crippen LogP) is 3.79. The zero-order valence-corrected chi connectivity index (χ0v) is 11.4. The van der Waals surface area contributed by atoms with Crippen LogP contribution >= 0.6 is 0 Å². The van der Waals surface area contributed by atoms with E-state index in [0.717, 1.165) is 18.3 Å². The second-order valence-electron chi connectivity index (χ2n) is 6.08. The summed E-state index contributed by atoms with van der Waals surface area (Å²) in [6.45, 7) is 10.2. The summed E-state index contributed by atoms with van der Waals surface area (Å²) in [5.74, 6) is 2.11. The molecule has 2 heteroatoms. The molecule has 1 aliphatic rings. The maximum absolute atomic E-state index is 11.0. The van der Waals surface area contributed by atoms with Gasteiger partial charge >= 0.3 is 5.97 Å². The standard InChI is InChI=1S/C14H26O2/c1-10-7-6-8-13(11(10)2)9-14(4,5)16-12(3)15/h10-11,13H,6-9H2,1-5H3. The van der Waals surface area contributed by atoms with E-state index in [2.05, 4.69) is 13.8 Å². The maximum Gasteiger partial charge on any atom is 0.303 e. The lowest BCUT2D eigenvalue weighted by molar-refractivity contribution is -0.155. The van der Waals surface area contributed by atoms with Gasteiger partial charge in [0.25, 0.3) is 0 Å².